The summed E-state index contributed by atoms with van der Waals surface area (Å²) in [5.41, 5.74) is 2.36. The van der Waals surface area contributed by atoms with Gasteiger partial charge in [-0.15, -0.1) is 0 Å². The lowest BCUT2D eigenvalue weighted by Gasteiger charge is -2.26. The second-order valence-corrected chi connectivity index (χ2v) is 8.58. The third-order valence-corrected chi connectivity index (χ3v) is 6.11. The Morgan fingerprint density at radius 1 is 0.971 bits per heavy atom. The van der Waals surface area contributed by atoms with Crippen LogP contribution >= 0.6 is 0 Å². The van der Waals surface area contributed by atoms with Crippen molar-refractivity contribution in [2.24, 2.45) is 0 Å². The van der Waals surface area contributed by atoms with Crippen molar-refractivity contribution in [2.75, 3.05) is 11.7 Å². The molecule has 1 fully saturated rings. The Bertz CT molecular complexity index is 1330. The first-order chi connectivity index (χ1) is 16.3. The summed E-state index contributed by atoms with van der Waals surface area (Å²) in [6, 6.07) is 17.6. The van der Waals surface area contributed by atoms with Crippen molar-refractivity contribution in [3.8, 4) is 17.2 Å². The number of ether oxygens (including phenoxy) is 2. The van der Waals surface area contributed by atoms with Gasteiger partial charge in [0, 0.05) is 11.3 Å². The summed E-state index contributed by atoms with van der Waals surface area (Å²) in [6.07, 6.45) is 0. The van der Waals surface area contributed by atoms with Crippen LogP contribution in [0, 0.1) is 0 Å². The van der Waals surface area contributed by atoms with Crippen molar-refractivity contribution < 1.29 is 29.3 Å². The van der Waals surface area contributed by atoms with E-state index in [0.717, 1.165) is 5.56 Å². The Labute approximate surface area is 196 Å². The van der Waals surface area contributed by atoms with E-state index in [1.54, 1.807) is 42.5 Å². The first-order valence-electron chi connectivity index (χ1n) is 10.9. The number of hydrogen-bond acceptors (Lipinski definition) is 6. The molecule has 0 radical (unpaired) electrons. The zero-order valence-electron chi connectivity index (χ0n) is 18.7. The molecule has 2 aliphatic heterocycles. The number of aliphatic hydroxyl groups is 1. The van der Waals surface area contributed by atoms with Gasteiger partial charge in [-0.3, -0.25) is 14.5 Å². The number of carbonyl (C=O) groups is 2. The minimum Gasteiger partial charge on any atom is -0.508 e. The Morgan fingerprint density at radius 3 is 2.41 bits per heavy atom. The molecular formula is C27H23NO6. The highest BCUT2D eigenvalue weighted by atomic mass is 16.7. The van der Waals surface area contributed by atoms with E-state index in [2.05, 4.69) is 13.8 Å². The predicted molar refractivity (Wildman–Crippen MR) is 126 cm³/mol. The molecule has 2 aliphatic rings. The minimum absolute atomic E-state index is 0.0127. The second kappa shape index (κ2) is 8.26. The number of ketones is 1. The summed E-state index contributed by atoms with van der Waals surface area (Å²) >= 11 is 0. The van der Waals surface area contributed by atoms with E-state index in [9.17, 15) is 19.8 Å². The Kier molecular flexibility index (Phi) is 5.24. The van der Waals surface area contributed by atoms with Gasteiger partial charge in [0.15, 0.2) is 11.5 Å². The maximum Gasteiger partial charge on any atom is 0.300 e. The largest absolute Gasteiger partial charge is 0.508 e. The van der Waals surface area contributed by atoms with Crippen LogP contribution in [0.25, 0.3) is 5.76 Å². The fourth-order valence-electron chi connectivity index (χ4n) is 4.33. The third kappa shape index (κ3) is 3.55. The summed E-state index contributed by atoms with van der Waals surface area (Å²) in [6.45, 7) is 4.21. The van der Waals surface area contributed by atoms with E-state index in [0.29, 0.717) is 34.2 Å². The monoisotopic (exact) mass is 457 g/mol. The molecule has 3 aromatic carbocycles. The van der Waals surface area contributed by atoms with Gasteiger partial charge in [-0.2, -0.15) is 0 Å². The number of phenols is 1. The van der Waals surface area contributed by atoms with Crippen molar-refractivity contribution in [3.63, 3.8) is 0 Å². The summed E-state index contributed by atoms with van der Waals surface area (Å²) < 4.78 is 10.7. The van der Waals surface area contributed by atoms with Gasteiger partial charge in [0.1, 0.15) is 11.5 Å². The molecule has 34 heavy (non-hydrogen) atoms. The van der Waals surface area contributed by atoms with Crippen LogP contribution in [0.3, 0.4) is 0 Å². The number of aliphatic hydroxyl groups excluding tert-OH is 1. The number of carbonyl (C=O) groups excluding carboxylic acids is 2. The molecule has 7 nitrogen and oxygen atoms in total. The first kappa shape index (κ1) is 21.6. The highest BCUT2D eigenvalue weighted by Gasteiger charge is 2.47. The standard InChI is InChI=1S/C27H23NO6/c1-15(2)16-6-9-19(10-7-16)28-24(17-4-3-5-20(29)12-17)23(26(31)27(28)32)25(30)18-8-11-21-22(13-18)34-14-33-21/h3-13,15,24,29-30H,14H2,1-2H3/b25-23-. The van der Waals surface area contributed by atoms with Crippen molar-refractivity contribution >= 4 is 23.1 Å². The van der Waals surface area contributed by atoms with Crippen LogP contribution in [0.15, 0.2) is 72.3 Å². The zero-order valence-corrected chi connectivity index (χ0v) is 18.7. The molecule has 0 saturated carbocycles. The molecule has 2 N–H and O–H groups in total. The molecule has 2 heterocycles. The van der Waals surface area contributed by atoms with Crippen LogP contribution < -0.4 is 14.4 Å². The van der Waals surface area contributed by atoms with Crippen LogP contribution in [0.4, 0.5) is 5.69 Å². The normalized spacial score (nSPS) is 18.7. The maximum atomic E-state index is 13.3. The van der Waals surface area contributed by atoms with Crippen molar-refractivity contribution in [2.45, 2.75) is 25.8 Å². The van der Waals surface area contributed by atoms with Gasteiger partial charge in [-0.05, 0) is 59.5 Å². The average Bonchev–Trinajstić information content (AvgIpc) is 3.40. The molecular weight excluding hydrogens is 434 g/mol. The van der Waals surface area contributed by atoms with Crippen LogP contribution in [0.5, 0.6) is 17.2 Å². The number of rotatable bonds is 4. The number of phenolic OH excluding ortho intramolecular Hbond substituents is 1. The quantitative estimate of drug-likeness (QED) is 0.330. The Balaban J connectivity index is 1.68. The average molecular weight is 457 g/mol. The lowest BCUT2D eigenvalue weighted by molar-refractivity contribution is -0.132. The number of benzene rings is 3. The molecule has 0 aliphatic carbocycles. The van der Waals surface area contributed by atoms with E-state index < -0.39 is 17.7 Å². The third-order valence-electron chi connectivity index (χ3n) is 6.11. The van der Waals surface area contributed by atoms with E-state index >= 15 is 0 Å². The number of anilines is 1. The van der Waals surface area contributed by atoms with E-state index in [1.807, 2.05) is 12.1 Å². The van der Waals surface area contributed by atoms with E-state index in [1.165, 1.54) is 17.0 Å². The smallest absolute Gasteiger partial charge is 0.300 e. The Morgan fingerprint density at radius 2 is 1.71 bits per heavy atom. The van der Waals surface area contributed by atoms with Crippen LogP contribution in [-0.4, -0.2) is 28.7 Å². The number of nitrogens with zero attached hydrogens (tertiary/aromatic N) is 1. The molecule has 5 rings (SSSR count). The lowest BCUT2D eigenvalue weighted by atomic mass is 9.94. The summed E-state index contributed by atoms with van der Waals surface area (Å²) in [5.74, 6) is -0.627. The predicted octanol–water partition coefficient (Wildman–Crippen LogP) is 4.87. The summed E-state index contributed by atoms with van der Waals surface area (Å²) in [5, 5.41) is 21.4. The molecule has 1 atom stereocenters. The van der Waals surface area contributed by atoms with Crippen LogP contribution in [0.2, 0.25) is 0 Å². The first-order valence-corrected chi connectivity index (χ1v) is 10.9. The van der Waals surface area contributed by atoms with E-state index in [4.69, 9.17) is 9.47 Å². The molecule has 0 spiro atoms. The van der Waals surface area contributed by atoms with Gasteiger partial charge in [0.2, 0.25) is 6.79 Å². The van der Waals surface area contributed by atoms with Crippen LogP contribution in [0.1, 0.15) is 42.5 Å². The molecule has 3 aromatic rings. The van der Waals surface area contributed by atoms with Crippen LogP contribution in [-0.2, 0) is 9.59 Å². The van der Waals surface area contributed by atoms with Gasteiger partial charge in [0.25, 0.3) is 11.7 Å². The topological polar surface area (TPSA) is 96.3 Å². The summed E-state index contributed by atoms with van der Waals surface area (Å²) in [7, 11) is 0. The number of fused-ring (bicyclic) bond motifs is 1. The lowest BCUT2D eigenvalue weighted by Crippen LogP contribution is -2.29. The highest BCUT2D eigenvalue weighted by molar-refractivity contribution is 6.51. The Hall–Kier alpha value is -4.26. The molecule has 0 bridgehead atoms. The van der Waals surface area contributed by atoms with Gasteiger partial charge in [-0.1, -0.05) is 38.1 Å². The van der Waals surface area contributed by atoms with E-state index in [-0.39, 0.29) is 23.9 Å². The second-order valence-electron chi connectivity index (χ2n) is 8.58. The minimum atomic E-state index is -0.928. The molecule has 7 heteroatoms. The fourth-order valence-corrected chi connectivity index (χ4v) is 4.33. The number of amides is 1. The maximum absolute atomic E-state index is 13.3. The number of Topliss-reactive ketones (excluding diaryl/α,β-unsaturated/α-hetero) is 1. The SMILES string of the molecule is CC(C)c1ccc(N2C(=O)C(=O)/C(=C(\O)c3ccc4c(c3)OCO4)C2c2cccc(O)c2)cc1. The summed E-state index contributed by atoms with van der Waals surface area (Å²) in [4.78, 5) is 27.9. The fraction of sp³-hybridized carbons (Fsp3) is 0.185. The van der Waals surface area contributed by atoms with Gasteiger partial charge in [0.05, 0.1) is 11.6 Å². The van der Waals surface area contributed by atoms with Crippen molar-refractivity contribution in [3.05, 3.63) is 89.0 Å². The van der Waals surface area contributed by atoms with Crippen molar-refractivity contribution in [1.29, 1.82) is 0 Å². The number of hydrogen-bond donors (Lipinski definition) is 2. The number of aromatic hydroxyl groups is 1. The van der Waals surface area contributed by atoms with Crippen molar-refractivity contribution in [1.82, 2.24) is 0 Å². The molecule has 1 unspecified atom stereocenters. The molecule has 0 aromatic heterocycles. The van der Waals surface area contributed by atoms with Gasteiger partial charge in [-0.25, -0.2) is 0 Å². The van der Waals surface area contributed by atoms with Gasteiger partial charge < -0.3 is 19.7 Å². The zero-order chi connectivity index (χ0) is 24.0. The molecule has 1 amide bonds. The highest BCUT2D eigenvalue weighted by Crippen LogP contribution is 2.44. The molecule has 1 saturated heterocycles. The molecule has 172 valence electrons. The van der Waals surface area contributed by atoms with Gasteiger partial charge >= 0.3 is 0 Å².